The molecule has 0 aromatic heterocycles. The van der Waals surface area contributed by atoms with Crippen molar-refractivity contribution in [3.05, 3.63) is 23.8 Å². The summed E-state index contributed by atoms with van der Waals surface area (Å²) in [7, 11) is 3.22. The molecule has 1 aliphatic heterocycles. The number of hydrogen-bond acceptors (Lipinski definition) is 3. The first-order chi connectivity index (χ1) is 10.3. The maximum absolute atomic E-state index is 12.9. The number of halogens is 3. The molecular weight excluding hydrogens is 295 g/mol. The molecule has 1 fully saturated rings. The zero-order valence-electron chi connectivity index (χ0n) is 12.7. The van der Waals surface area contributed by atoms with Crippen LogP contribution in [0.5, 0.6) is 0 Å². The lowest BCUT2D eigenvalue weighted by Gasteiger charge is -2.23. The Morgan fingerprint density at radius 1 is 1.27 bits per heavy atom. The van der Waals surface area contributed by atoms with E-state index >= 15 is 0 Å². The number of nitrogens with zero attached hydrogens (tertiary/aromatic N) is 2. The molecule has 0 radical (unpaired) electrons. The van der Waals surface area contributed by atoms with Gasteiger partial charge in [-0.05, 0) is 31.0 Å². The molecule has 1 aromatic rings. The normalized spacial score (nSPS) is 15.0. The van der Waals surface area contributed by atoms with Crippen molar-refractivity contribution >= 4 is 17.3 Å². The molecular formula is C15H20F3N3O. The molecule has 1 aliphatic rings. The van der Waals surface area contributed by atoms with Crippen molar-refractivity contribution in [1.29, 1.82) is 0 Å². The topological polar surface area (TPSA) is 35.6 Å². The van der Waals surface area contributed by atoms with E-state index in [-0.39, 0.29) is 12.5 Å². The van der Waals surface area contributed by atoms with E-state index in [1.54, 1.807) is 14.1 Å². The van der Waals surface area contributed by atoms with Gasteiger partial charge in [0, 0.05) is 27.2 Å². The van der Waals surface area contributed by atoms with Gasteiger partial charge in [-0.1, -0.05) is 0 Å². The molecule has 0 aliphatic carbocycles. The maximum Gasteiger partial charge on any atom is 0.416 e. The number of anilines is 2. The van der Waals surface area contributed by atoms with Crippen LogP contribution in [0.15, 0.2) is 18.2 Å². The summed E-state index contributed by atoms with van der Waals surface area (Å²) in [4.78, 5) is 15.1. The Labute approximate surface area is 127 Å². The van der Waals surface area contributed by atoms with Crippen LogP contribution >= 0.6 is 0 Å². The van der Waals surface area contributed by atoms with Gasteiger partial charge in [0.2, 0.25) is 5.91 Å². The molecule has 1 N–H and O–H groups in total. The number of likely N-dealkylation sites (N-methyl/N-ethyl adjacent to an activating group) is 1. The smallest absolute Gasteiger partial charge is 0.374 e. The molecule has 0 unspecified atom stereocenters. The largest absolute Gasteiger partial charge is 0.416 e. The van der Waals surface area contributed by atoms with E-state index in [4.69, 9.17) is 0 Å². The van der Waals surface area contributed by atoms with Crippen LogP contribution in [0.2, 0.25) is 0 Å². The van der Waals surface area contributed by atoms with Gasteiger partial charge in [0.15, 0.2) is 0 Å². The van der Waals surface area contributed by atoms with E-state index in [1.807, 2.05) is 4.90 Å². The Hall–Kier alpha value is -1.92. The predicted molar refractivity (Wildman–Crippen MR) is 80.1 cm³/mol. The molecule has 0 atom stereocenters. The Morgan fingerprint density at radius 2 is 1.91 bits per heavy atom. The van der Waals surface area contributed by atoms with Gasteiger partial charge in [-0.25, -0.2) is 0 Å². The molecule has 22 heavy (non-hydrogen) atoms. The second-order valence-corrected chi connectivity index (χ2v) is 5.57. The average molecular weight is 315 g/mol. The second kappa shape index (κ2) is 6.46. The fraction of sp³-hybridized carbons (Fsp3) is 0.533. The highest BCUT2D eigenvalue weighted by Gasteiger charge is 2.31. The summed E-state index contributed by atoms with van der Waals surface area (Å²) < 4.78 is 38.7. The number of rotatable bonds is 4. The zero-order valence-corrected chi connectivity index (χ0v) is 12.7. The van der Waals surface area contributed by atoms with Crippen LogP contribution in [0.3, 0.4) is 0 Å². The van der Waals surface area contributed by atoms with E-state index in [9.17, 15) is 18.0 Å². The van der Waals surface area contributed by atoms with Crippen molar-refractivity contribution in [3.8, 4) is 0 Å². The van der Waals surface area contributed by atoms with Crippen LogP contribution in [0.1, 0.15) is 18.4 Å². The van der Waals surface area contributed by atoms with Crippen molar-refractivity contribution in [2.45, 2.75) is 19.0 Å². The lowest BCUT2D eigenvalue weighted by Crippen LogP contribution is -2.29. The molecule has 1 heterocycles. The van der Waals surface area contributed by atoms with Gasteiger partial charge in [-0.15, -0.1) is 0 Å². The van der Waals surface area contributed by atoms with Gasteiger partial charge in [-0.2, -0.15) is 13.2 Å². The summed E-state index contributed by atoms with van der Waals surface area (Å²) in [6, 6.07) is 3.65. The average Bonchev–Trinajstić information content (AvgIpc) is 2.97. The molecule has 122 valence electrons. The monoisotopic (exact) mass is 315 g/mol. The number of benzene rings is 1. The van der Waals surface area contributed by atoms with Crippen LogP contribution in [-0.4, -0.2) is 44.5 Å². The minimum atomic E-state index is -4.40. The number of amides is 1. The highest BCUT2D eigenvalue weighted by atomic mass is 19.4. The van der Waals surface area contributed by atoms with Crippen LogP contribution in [0.25, 0.3) is 0 Å². The van der Waals surface area contributed by atoms with Crippen LogP contribution in [0.4, 0.5) is 24.5 Å². The Bertz CT molecular complexity index is 537. The van der Waals surface area contributed by atoms with E-state index in [0.717, 1.165) is 43.8 Å². The van der Waals surface area contributed by atoms with Crippen LogP contribution in [0, 0.1) is 0 Å². The van der Waals surface area contributed by atoms with Crippen LogP contribution < -0.4 is 10.2 Å². The lowest BCUT2D eigenvalue weighted by atomic mass is 10.1. The first-order valence-corrected chi connectivity index (χ1v) is 7.19. The first kappa shape index (κ1) is 16.5. The highest BCUT2D eigenvalue weighted by molar-refractivity contribution is 5.82. The third-order valence-corrected chi connectivity index (χ3v) is 3.70. The van der Waals surface area contributed by atoms with Gasteiger partial charge >= 0.3 is 6.18 Å². The van der Waals surface area contributed by atoms with Crippen molar-refractivity contribution in [2.24, 2.45) is 0 Å². The molecule has 7 heteroatoms. The summed E-state index contributed by atoms with van der Waals surface area (Å²) >= 11 is 0. The molecule has 1 amide bonds. The zero-order chi connectivity index (χ0) is 16.3. The molecule has 4 nitrogen and oxygen atoms in total. The summed E-state index contributed by atoms with van der Waals surface area (Å²) in [6.07, 6.45) is -2.35. The van der Waals surface area contributed by atoms with Gasteiger partial charge in [-0.3, -0.25) is 4.79 Å². The van der Waals surface area contributed by atoms with Crippen molar-refractivity contribution < 1.29 is 18.0 Å². The summed E-state index contributed by atoms with van der Waals surface area (Å²) in [6.45, 7) is 1.61. The Kier molecular flexibility index (Phi) is 4.83. The molecule has 1 aromatic carbocycles. The van der Waals surface area contributed by atoms with Gasteiger partial charge in [0.25, 0.3) is 0 Å². The maximum atomic E-state index is 12.9. The summed E-state index contributed by atoms with van der Waals surface area (Å²) in [5.74, 6) is -0.190. The van der Waals surface area contributed by atoms with Gasteiger partial charge in [0.05, 0.1) is 23.5 Å². The number of alkyl halides is 3. The fourth-order valence-electron chi connectivity index (χ4n) is 2.42. The van der Waals surface area contributed by atoms with Crippen molar-refractivity contribution in [2.75, 3.05) is 43.9 Å². The fourth-order valence-corrected chi connectivity index (χ4v) is 2.42. The summed E-state index contributed by atoms with van der Waals surface area (Å²) in [5, 5.41) is 2.85. The Balaban J connectivity index is 2.26. The van der Waals surface area contributed by atoms with Crippen molar-refractivity contribution in [3.63, 3.8) is 0 Å². The molecule has 0 spiro atoms. The molecule has 0 bridgehead atoms. The number of hydrogen-bond donors (Lipinski definition) is 1. The second-order valence-electron chi connectivity index (χ2n) is 5.57. The van der Waals surface area contributed by atoms with E-state index in [0.29, 0.717) is 5.69 Å². The molecule has 0 saturated carbocycles. The lowest BCUT2D eigenvalue weighted by molar-refractivity contribution is -0.137. The van der Waals surface area contributed by atoms with E-state index in [2.05, 4.69) is 5.32 Å². The third kappa shape index (κ3) is 3.84. The quantitative estimate of drug-likeness (QED) is 0.928. The van der Waals surface area contributed by atoms with E-state index in [1.165, 1.54) is 11.0 Å². The predicted octanol–water partition coefficient (Wildman–Crippen LogP) is 2.81. The molecule has 2 rings (SSSR count). The van der Waals surface area contributed by atoms with E-state index < -0.39 is 11.7 Å². The third-order valence-electron chi connectivity index (χ3n) is 3.70. The summed E-state index contributed by atoms with van der Waals surface area (Å²) in [5.41, 5.74) is 0.360. The minimum absolute atomic E-state index is 0.0326. The molecule has 1 saturated heterocycles. The van der Waals surface area contributed by atoms with Gasteiger partial charge in [0.1, 0.15) is 0 Å². The minimum Gasteiger partial charge on any atom is -0.374 e. The van der Waals surface area contributed by atoms with Crippen LogP contribution in [-0.2, 0) is 11.0 Å². The Morgan fingerprint density at radius 3 is 2.45 bits per heavy atom. The number of carbonyl (C=O) groups excluding carboxylic acids is 1. The SMILES string of the molecule is CN(C)C(=O)CNc1cc(C(F)(F)F)ccc1N1CCCC1. The number of carbonyl (C=O) groups is 1. The first-order valence-electron chi connectivity index (χ1n) is 7.19. The van der Waals surface area contributed by atoms with Gasteiger partial charge < -0.3 is 15.1 Å². The number of nitrogens with one attached hydrogen (secondary N) is 1. The van der Waals surface area contributed by atoms with Crippen molar-refractivity contribution in [1.82, 2.24) is 4.90 Å². The standard InChI is InChI=1S/C15H20F3N3O/c1-20(2)14(22)10-19-12-9-11(15(16,17)18)5-6-13(12)21-7-3-4-8-21/h5-6,9,19H,3-4,7-8,10H2,1-2H3. The highest BCUT2D eigenvalue weighted by Crippen LogP contribution is 2.36.